The number of halogens is 2. The average Bonchev–Trinajstić information content (AvgIpc) is 2.05. The first kappa shape index (κ1) is 7.11. The molecule has 0 unspecified atom stereocenters. The van der Waals surface area contributed by atoms with Crippen molar-refractivity contribution in [1.82, 2.24) is 5.32 Å². The van der Waals surface area contributed by atoms with Crippen LogP contribution in [0.25, 0.3) is 0 Å². The van der Waals surface area contributed by atoms with Gasteiger partial charge in [0.2, 0.25) is 5.88 Å². The molecule has 0 spiro atoms. The number of rotatable bonds is 1. The Morgan fingerprint density at radius 2 is 2.00 bits per heavy atom. The smallest absolute Gasteiger partial charge is 0.398 e. The maximum Gasteiger partial charge on any atom is 0.587 e. The highest BCUT2D eigenvalue weighted by molar-refractivity contribution is 5.00. The maximum absolute atomic E-state index is 12.1. The lowest BCUT2D eigenvalue weighted by atomic mass is 10.6. The highest BCUT2D eigenvalue weighted by atomic mass is 19.3. The maximum atomic E-state index is 12.1. The fourth-order valence-electron chi connectivity index (χ4n) is 0.663. The molecular weight excluding hydrogens is 144 g/mol. The zero-order chi connectivity index (χ0) is 7.78. The van der Waals surface area contributed by atoms with Crippen molar-refractivity contribution in [3.63, 3.8) is 0 Å². The van der Waals surface area contributed by atoms with Gasteiger partial charge >= 0.3 is 6.29 Å². The molecule has 1 N–H and O–H groups in total. The molecule has 0 aromatic heterocycles. The van der Waals surface area contributed by atoms with Crippen molar-refractivity contribution in [3.05, 3.63) is 11.6 Å². The van der Waals surface area contributed by atoms with E-state index in [1.54, 1.807) is 0 Å². The van der Waals surface area contributed by atoms with Crippen LogP contribution in [0, 0.1) is 0 Å². The molecule has 0 saturated heterocycles. The summed E-state index contributed by atoms with van der Waals surface area (Å²) in [4.78, 5) is 0. The Labute approximate surface area is 56.6 Å². The van der Waals surface area contributed by atoms with Crippen LogP contribution in [0.4, 0.5) is 8.78 Å². The second-order valence-electron chi connectivity index (χ2n) is 1.80. The minimum atomic E-state index is -3.50. The second-order valence-corrected chi connectivity index (χ2v) is 1.80. The predicted molar refractivity (Wildman–Crippen MR) is 28.9 cm³/mol. The van der Waals surface area contributed by atoms with Gasteiger partial charge in [-0.05, 0) is 6.92 Å². The molecule has 0 atom stereocenters. The second kappa shape index (κ2) is 2.00. The molecule has 0 aliphatic carbocycles. The molecule has 0 fully saturated rings. The number of hydrogen-bond donors (Lipinski definition) is 1. The highest BCUT2D eigenvalue weighted by Crippen LogP contribution is 2.31. The topological polar surface area (TPSA) is 30.5 Å². The minimum absolute atomic E-state index is 0.0231. The third kappa shape index (κ3) is 1.12. The lowest BCUT2D eigenvalue weighted by Crippen LogP contribution is -2.19. The first-order valence-electron chi connectivity index (χ1n) is 2.69. The average molecular weight is 151 g/mol. The fraction of sp³-hybridized carbons (Fsp3) is 0.600. The van der Waals surface area contributed by atoms with Gasteiger partial charge in [0.25, 0.3) is 0 Å². The molecule has 58 valence electrons. The molecule has 0 amide bonds. The first-order valence-corrected chi connectivity index (χ1v) is 2.69. The summed E-state index contributed by atoms with van der Waals surface area (Å²) in [6, 6.07) is 0. The lowest BCUT2D eigenvalue weighted by Gasteiger charge is -2.06. The Balaban J connectivity index is 2.68. The molecule has 1 aliphatic rings. The Kier molecular flexibility index (Phi) is 1.42. The number of allylic oxidation sites excluding steroid dienone is 1. The standard InChI is InChI=1S/C5H7F2NO2/c1-3-4(8-2)10-5(6,7)9-3/h8H,1-2H3. The summed E-state index contributed by atoms with van der Waals surface area (Å²) in [7, 11) is 1.48. The Hall–Kier alpha value is -1.00. The van der Waals surface area contributed by atoms with Crippen molar-refractivity contribution in [2.24, 2.45) is 0 Å². The Morgan fingerprint density at radius 3 is 2.20 bits per heavy atom. The van der Waals surface area contributed by atoms with Crippen molar-refractivity contribution in [2.45, 2.75) is 13.2 Å². The fourth-order valence-corrected chi connectivity index (χ4v) is 0.663. The van der Waals surface area contributed by atoms with E-state index < -0.39 is 6.29 Å². The molecule has 0 aromatic rings. The van der Waals surface area contributed by atoms with Crippen molar-refractivity contribution in [3.8, 4) is 0 Å². The third-order valence-electron chi connectivity index (χ3n) is 1.04. The summed E-state index contributed by atoms with van der Waals surface area (Å²) in [6.45, 7) is 1.40. The Bertz CT molecular complexity index is 178. The number of ether oxygens (including phenoxy) is 2. The molecule has 1 heterocycles. The van der Waals surface area contributed by atoms with Gasteiger partial charge < -0.3 is 14.8 Å². The number of alkyl halides is 2. The van der Waals surface area contributed by atoms with E-state index in [-0.39, 0.29) is 11.6 Å². The van der Waals surface area contributed by atoms with Gasteiger partial charge in [0.1, 0.15) is 0 Å². The quantitative estimate of drug-likeness (QED) is 0.606. The molecule has 0 saturated carbocycles. The van der Waals surface area contributed by atoms with Crippen LogP contribution in [0.1, 0.15) is 6.92 Å². The van der Waals surface area contributed by atoms with Crippen LogP contribution < -0.4 is 5.32 Å². The van der Waals surface area contributed by atoms with Gasteiger partial charge in [0.05, 0.1) is 0 Å². The van der Waals surface area contributed by atoms with Crippen LogP contribution in [0.15, 0.2) is 11.6 Å². The molecule has 0 radical (unpaired) electrons. The van der Waals surface area contributed by atoms with E-state index in [1.807, 2.05) is 0 Å². The summed E-state index contributed by atoms with van der Waals surface area (Å²) >= 11 is 0. The van der Waals surface area contributed by atoms with Crippen LogP contribution in [0.2, 0.25) is 0 Å². The normalized spacial score (nSPS) is 22.0. The summed E-state index contributed by atoms with van der Waals surface area (Å²) in [6.07, 6.45) is -3.50. The van der Waals surface area contributed by atoms with Gasteiger partial charge in [-0.25, -0.2) is 0 Å². The van der Waals surface area contributed by atoms with E-state index in [0.717, 1.165) is 0 Å². The van der Waals surface area contributed by atoms with Crippen molar-refractivity contribution >= 4 is 0 Å². The number of nitrogens with one attached hydrogen (secondary N) is 1. The van der Waals surface area contributed by atoms with Crippen molar-refractivity contribution in [1.29, 1.82) is 0 Å². The van der Waals surface area contributed by atoms with Gasteiger partial charge in [-0.3, -0.25) is 0 Å². The molecular formula is C5H7F2NO2. The minimum Gasteiger partial charge on any atom is -0.398 e. The monoisotopic (exact) mass is 151 g/mol. The van der Waals surface area contributed by atoms with Crippen LogP contribution in [-0.4, -0.2) is 13.3 Å². The zero-order valence-corrected chi connectivity index (χ0v) is 5.57. The molecule has 0 aromatic carbocycles. The zero-order valence-electron chi connectivity index (χ0n) is 5.57. The van der Waals surface area contributed by atoms with Crippen LogP contribution >= 0.6 is 0 Å². The van der Waals surface area contributed by atoms with Gasteiger partial charge in [-0.1, -0.05) is 0 Å². The summed E-state index contributed by atoms with van der Waals surface area (Å²) in [5.74, 6) is 0.0394. The third-order valence-corrected chi connectivity index (χ3v) is 1.04. The molecule has 1 rings (SSSR count). The van der Waals surface area contributed by atoms with Crippen LogP contribution in [-0.2, 0) is 9.47 Å². The summed E-state index contributed by atoms with van der Waals surface area (Å²) < 4.78 is 32.2. The molecule has 1 aliphatic heterocycles. The molecule has 0 bridgehead atoms. The first-order chi connectivity index (χ1) is 4.55. The highest BCUT2D eigenvalue weighted by Gasteiger charge is 2.43. The van der Waals surface area contributed by atoms with Gasteiger partial charge in [-0.2, -0.15) is 0 Å². The predicted octanol–water partition coefficient (Wildman–Crippen LogP) is 0.992. The largest absolute Gasteiger partial charge is 0.587 e. The van der Waals surface area contributed by atoms with E-state index in [9.17, 15) is 8.78 Å². The molecule has 3 nitrogen and oxygen atoms in total. The Morgan fingerprint density at radius 1 is 1.40 bits per heavy atom. The van der Waals surface area contributed by atoms with Crippen molar-refractivity contribution in [2.75, 3.05) is 7.05 Å². The van der Waals surface area contributed by atoms with Crippen LogP contribution in [0.3, 0.4) is 0 Å². The van der Waals surface area contributed by atoms with E-state index in [0.29, 0.717) is 0 Å². The SMILES string of the molecule is CNC1=C(C)OC(F)(F)O1. The lowest BCUT2D eigenvalue weighted by molar-refractivity contribution is -0.338. The van der Waals surface area contributed by atoms with Gasteiger partial charge in [-0.15, -0.1) is 8.78 Å². The van der Waals surface area contributed by atoms with E-state index in [1.165, 1.54) is 14.0 Å². The van der Waals surface area contributed by atoms with E-state index >= 15 is 0 Å². The number of hydrogen-bond acceptors (Lipinski definition) is 3. The van der Waals surface area contributed by atoms with Crippen LogP contribution in [0.5, 0.6) is 0 Å². The van der Waals surface area contributed by atoms with E-state index in [4.69, 9.17) is 0 Å². The molecule has 10 heavy (non-hydrogen) atoms. The van der Waals surface area contributed by atoms with Gasteiger partial charge in [0.15, 0.2) is 5.76 Å². The summed E-state index contributed by atoms with van der Waals surface area (Å²) in [5.41, 5.74) is 0. The van der Waals surface area contributed by atoms with Crippen molar-refractivity contribution < 1.29 is 18.3 Å². The molecule has 5 heteroatoms. The van der Waals surface area contributed by atoms with Gasteiger partial charge in [0, 0.05) is 7.05 Å². The summed E-state index contributed by atoms with van der Waals surface area (Å²) in [5, 5.41) is 2.42. The van der Waals surface area contributed by atoms with E-state index in [2.05, 4.69) is 14.8 Å².